The van der Waals surface area contributed by atoms with Crippen LogP contribution in [0.25, 0.3) is 0 Å². The molecule has 0 bridgehead atoms. The van der Waals surface area contributed by atoms with Gasteiger partial charge in [0.25, 0.3) is 0 Å². The summed E-state index contributed by atoms with van der Waals surface area (Å²) in [6.07, 6.45) is -1.90. The molecule has 1 aromatic rings. The summed E-state index contributed by atoms with van der Waals surface area (Å²) in [5.41, 5.74) is 1.16. The normalized spacial score (nSPS) is 15.4. The van der Waals surface area contributed by atoms with Gasteiger partial charge in [-0.05, 0) is 36.1 Å². The second-order valence-electron chi connectivity index (χ2n) is 4.24. The van der Waals surface area contributed by atoms with Crippen LogP contribution in [0.1, 0.15) is 31.1 Å². The Labute approximate surface area is 89.4 Å². The Balaban J connectivity index is 2.95. The van der Waals surface area contributed by atoms with Crippen LogP contribution in [-0.4, -0.2) is 16.3 Å². The first-order chi connectivity index (χ1) is 6.91. The van der Waals surface area contributed by atoms with Crippen LogP contribution in [0, 0.1) is 18.7 Å². The number of benzene rings is 1. The summed E-state index contributed by atoms with van der Waals surface area (Å²) >= 11 is 0. The van der Waals surface area contributed by atoms with Crippen LogP contribution in [0.5, 0.6) is 0 Å². The van der Waals surface area contributed by atoms with Gasteiger partial charge in [0.2, 0.25) is 0 Å². The van der Waals surface area contributed by atoms with Crippen LogP contribution >= 0.6 is 0 Å². The number of hydrogen-bond donors (Lipinski definition) is 2. The van der Waals surface area contributed by atoms with E-state index in [-0.39, 0.29) is 11.7 Å². The molecular weight excluding hydrogens is 195 g/mol. The van der Waals surface area contributed by atoms with Crippen LogP contribution in [0.15, 0.2) is 18.2 Å². The molecule has 0 aliphatic carbocycles. The van der Waals surface area contributed by atoms with E-state index in [4.69, 9.17) is 0 Å². The largest absolute Gasteiger partial charge is 0.390 e. The maximum atomic E-state index is 13.1. The molecule has 0 spiro atoms. The molecule has 84 valence electrons. The zero-order valence-electron chi connectivity index (χ0n) is 9.24. The van der Waals surface area contributed by atoms with Crippen molar-refractivity contribution in [3.63, 3.8) is 0 Å². The summed E-state index contributed by atoms with van der Waals surface area (Å²) in [5, 5.41) is 19.4. The predicted molar refractivity (Wildman–Crippen MR) is 56.9 cm³/mol. The minimum Gasteiger partial charge on any atom is -0.390 e. The number of hydrogen-bond acceptors (Lipinski definition) is 2. The van der Waals surface area contributed by atoms with Crippen LogP contribution in [0.4, 0.5) is 4.39 Å². The highest BCUT2D eigenvalue weighted by Crippen LogP contribution is 2.23. The molecule has 0 aliphatic rings. The Morgan fingerprint density at radius 3 is 2.20 bits per heavy atom. The van der Waals surface area contributed by atoms with E-state index in [1.165, 1.54) is 12.1 Å². The van der Waals surface area contributed by atoms with Crippen LogP contribution < -0.4 is 0 Å². The molecule has 0 fully saturated rings. The lowest BCUT2D eigenvalue weighted by Gasteiger charge is -2.21. The van der Waals surface area contributed by atoms with E-state index in [0.717, 1.165) is 5.56 Å². The Morgan fingerprint density at radius 1 is 1.13 bits per heavy atom. The summed E-state index contributed by atoms with van der Waals surface area (Å²) in [5.74, 6) is -0.455. The van der Waals surface area contributed by atoms with E-state index >= 15 is 0 Å². The van der Waals surface area contributed by atoms with E-state index in [2.05, 4.69) is 0 Å². The molecule has 0 radical (unpaired) electrons. The minimum absolute atomic E-state index is 0.0661. The van der Waals surface area contributed by atoms with Gasteiger partial charge >= 0.3 is 0 Å². The first-order valence-corrected chi connectivity index (χ1v) is 5.05. The van der Waals surface area contributed by atoms with E-state index in [0.29, 0.717) is 5.56 Å². The Kier molecular flexibility index (Phi) is 3.83. The highest BCUT2D eigenvalue weighted by atomic mass is 19.1. The monoisotopic (exact) mass is 212 g/mol. The third kappa shape index (κ3) is 3.01. The minimum atomic E-state index is -1.03. The summed E-state index contributed by atoms with van der Waals surface area (Å²) in [7, 11) is 0. The topological polar surface area (TPSA) is 40.5 Å². The molecule has 1 rings (SSSR count). The van der Waals surface area contributed by atoms with Crippen molar-refractivity contribution in [2.75, 3.05) is 0 Å². The standard InChI is InChI=1S/C12H17FO2/c1-7(2)11(14)12(15)9-4-8(3)5-10(13)6-9/h4-7,11-12,14-15H,1-3H3. The highest BCUT2D eigenvalue weighted by molar-refractivity contribution is 5.26. The molecule has 2 atom stereocenters. The van der Waals surface area contributed by atoms with Crippen molar-refractivity contribution in [1.82, 2.24) is 0 Å². The maximum absolute atomic E-state index is 13.1. The van der Waals surface area contributed by atoms with Crippen molar-refractivity contribution < 1.29 is 14.6 Å². The molecule has 2 unspecified atom stereocenters. The van der Waals surface area contributed by atoms with E-state index in [1.54, 1.807) is 26.8 Å². The van der Waals surface area contributed by atoms with Gasteiger partial charge in [0, 0.05) is 0 Å². The molecule has 0 aliphatic heterocycles. The summed E-state index contributed by atoms with van der Waals surface area (Å²) in [6, 6.07) is 4.32. The smallest absolute Gasteiger partial charge is 0.123 e. The molecule has 1 aromatic carbocycles. The number of aliphatic hydroxyl groups is 2. The molecule has 0 saturated carbocycles. The Morgan fingerprint density at radius 2 is 1.73 bits per heavy atom. The van der Waals surface area contributed by atoms with Gasteiger partial charge in [-0.2, -0.15) is 0 Å². The zero-order valence-corrected chi connectivity index (χ0v) is 9.24. The predicted octanol–water partition coefficient (Wildman–Crippen LogP) is 2.18. The van der Waals surface area contributed by atoms with Gasteiger partial charge in [-0.15, -0.1) is 0 Å². The van der Waals surface area contributed by atoms with Gasteiger partial charge in [0.1, 0.15) is 11.9 Å². The SMILES string of the molecule is Cc1cc(F)cc(C(O)C(O)C(C)C)c1. The van der Waals surface area contributed by atoms with Gasteiger partial charge in [-0.1, -0.05) is 19.9 Å². The fourth-order valence-corrected chi connectivity index (χ4v) is 1.50. The van der Waals surface area contributed by atoms with Crippen molar-refractivity contribution in [2.24, 2.45) is 5.92 Å². The third-order valence-corrected chi connectivity index (χ3v) is 2.41. The molecule has 3 heteroatoms. The molecule has 2 N–H and O–H groups in total. The van der Waals surface area contributed by atoms with Gasteiger partial charge in [-0.3, -0.25) is 0 Å². The van der Waals surface area contributed by atoms with Crippen LogP contribution in [0.3, 0.4) is 0 Å². The van der Waals surface area contributed by atoms with Crippen molar-refractivity contribution in [3.8, 4) is 0 Å². The zero-order chi connectivity index (χ0) is 11.6. The third-order valence-electron chi connectivity index (χ3n) is 2.41. The first kappa shape index (κ1) is 12.1. The van der Waals surface area contributed by atoms with Crippen molar-refractivity contribution in [1.29, 1.82) is 0 Å². The van der Waals surface area contributed by atoms with Crippen molar-refractivity contribution >= 4 is 0 Å². The number of rotatable bonds is 3. The van der Waals surface area contributed by atoms with E-state index < -0.39 is 12.2 Å². The molecule has 0 saturated heterocycles. The summed E-state index contributed by atoms with van der Waals surface area (Å²) in [6.45, 7) is 5.36. The van der Waals surface area contributed by atoms with E-state index in [9.17, 15) is 14.6 Å². The quantitative estimate of drug-likeness (QED) is 0.806. The van der Waals surface area contributed by atoms with Crippen molar-refractivity contribution in [3.05, 3.63) is 35.1 Å². The lowest BCUT2D eigenvalue weighted by molar-refractivity contribution is -0.00955. The van der Waals surface area contributed by atoms with Gasteiger partial charge in [0.05, 0.1) is 6.10 Å². The number of aliphatic hydroxyl groups excluding tert-OH is 2. The molecule has 0 heterocycles. The van der Waals surface area contributed by atoms with Gasteiger partial charge < -0.3 is 10.2 Å². The molecular formula is C12H17FO2. The van der Waals surface area contributed by atoms with Crippen LogP contribution in [-0.2, 0) is 0 Å². The van der Waals surface area contributed by atoms with Gasteiger partial charge in [0.15, 0.2) is 0 Å². The molecule has 0 amide bonds. The summed E-state index contributed by atoms with van der Waals surface area (Å²) < 4.78 is 13.1. The van der Waals surface area contributed by atoms with Gasteiger partial charge in [-0.25, -0.2) is 4.39 Å². The average molecular weight is 212 g/mol. The molecule has 2 nitrogen and oxygen atoms in total. The highest BCUT2D eigenvalue weighted by Gasteiger charge is 2.21. The lowest BCUT2D eigenvalue weighted by atomic mass is 9.95. The second-order valence-corrected chi connectivity index (χ2v) is 4.24. The average Bonchev–Trinajstić information content (AvgIpc) is 2.13. The van der Waals surface area contributed by atoms with E-state index in [1.807, 2.05) is 0 Å². The summed E-state index contributed by atoms with van der Waals surface area (Å²) in [4.78, 5) is 0. The number of halogens is 1. The Bertz CT molecular complexity index is 316. The number of aryl methyl sites for hydroxylation is 1. The van der Waals surface area contributed by atoms with Crippen molar-refractivity contribution in [2.45, 2.75) is 33.0 Å². The fraction of sp³-hybridized carbons (Fsp3) is 0.500. The fourth-order valence-electron chi connectivity index (χ4n) is 1.50. The lowest BCUT2D eigenvalue weighted by Crippen LogP contribution is -2.24. The first-order valence-electron chi connectivity index (χ1n) is 5.05. The second kappa shape index (κ2) is 4.73. The van der Waals surface area contributed by atoms with Crippen LogP contribution in [0.2, 0.25) is 0 Å². The maximum Gasteiger partial charge on any atom is 0.123 e. The Hall–Kier alpha value is -0.930. The molecule has 15 heavy (non-hydrogen) atoms. The molecule has 0 aromatic heterocycles.